The molecule has 0 aromatic heterocycles. The summed E-state index contributed by atoms with van der Waals surface area (Å²) in [6.07, 6.45) is 0.443. The van der Waals surface area contributed by atoms with Crippen LogP contribution < -0.4 is 0 Å². The highest BCUT2D eigenvalue weighted by Crippen LogP contribution is 2.27. The summed E-state index contributed by atoms with van der Waals surface area (Å²) in [7, 11) is 0. The molecule has 0 heterocycles. The first-order valence-corrected chi connectivity index (χ1v) is 5.94. The molecule has 0 aliphatic carbocycles. The van der Waals surface area contributed by atoms with Crippen LogP contribution in [0.4, 0.5) is 0 Å². The topological polar surface area (TPSA) is 54.4 Å². The van der Waals surface area contributed by atoms with Crippen LogP contribution >= 0.6 is 23.2 Å². The second-order valence-electron chi connectivity index (χ2n) is 3.59. The number of carboxylic acids is 1. The summed E-state index contributed by atoms with van der Waals surface area (Å²) in [6.45, 7) is 1.92. The number of carbonyl (C=O) groups is 2. The van der Waals surface area contributed by atoms with Gasteiger partial charge in [-0.15, -0.1) is 0 Å². The number of carbonyl (C=O) groups excluding carboxylic acids is 1. The van der Waals surface area contributed by atoms with Crippen LogP contribution in [-0.2, 0) is 11.2 Å². The standard InChI is InChI=1S/C12H12Cl2O3/c1-2-8-9(13)5-7(6-10(8)14)11(15)3-4-12(16)17/h5-6H,2-4H2,1H3,(H,16,17). The van der Waals surface area contributed by atoms with Gasteiger partial charge in [-0.1, -0.05) is 30.1 Å². The Balaban J connectivity index is 2.92. The Hall–Kier alpha value is -1.06. The fraction of sp³-hybridized carbons (Fsp3) is 0.333. The van der Waals surface area contributed by atoms with Gasteiger partial charge >= 0.3 is 5.97 Å². The third-order valence-electron chi connectivity index (χ3n) is 2.38. The molecular formula is C12H12Cl2O3. The van der Waals surface area contributed by atoms with Crippen LogP contribution in [0.5, 0.6) is 0 Å². The van der Waals surface area contributed by atoms with E-state index in [0.29, 0.717) is 22.0 Å². The third-order valence-corrected chi connectivity index (χ3v) is 3.06. The summed E-state index contributed by atoms with van der Waals surface area (Å²) < 4.78 is 0. The largest absolute Gasteiger partial charge is 0.481 e. The van der Waals surface area contributed by atoms with Gasteiger partial charge in [0.1, 0.15) is 0 Å². The van der Waals surface area contributed by atoms with Crippen molar-refractivity contribution in [3.63, 3.8) is 0 Å². The molecule has 0 aliphatic heterocycles. The molecule has 0 fully saturated rings. The highest BCUT2D eigenvalue weighted by Gasteiger charge is 2.13. The third kappa shape index (κ3) is 3.72. The van der Waals surface area contributed by atoms with E-state index in [1.807, 2.05) is 6.92 Å². The average molecular weight is 275 g/mol. The predicted octanol–water partition coefficient (Wildman–Crippen LogP) is 3.60. The van der Waals surface area contributed by atoms with Crippen LogP contribution in [0.2, 0.25) is 10.0 Å². The normalized spacial score (nSPS) is 10.3. The number of hydrogen-bond acceptors (Lipinski definition) is 2. The van der Waals surface area contributed by atoms with Crippen molar-refractivity contribution in [2.75, 3.05) is 0 Å². The summed E-state index contributed by atoms with van der Waals surface area (Å²) in [6, 6.07) is 3.08. The Labute approximate surface area is 109 Å². The lowest BCUT2D eigenvalue weighted by Crippen LogP contribution is -2.04. The minimum atomic E-state index is -0.999. The van der Waals surface area contributed by atoms with E-state index in [0.717, 1.165) is 5.56 Å². The molecule has 3 nitrogen and oxygen atoms in total. The first kappa shape index (κ1) is 14.0. The zero-order valence-corrected chi connectivity index (χ0v) is 10.8. The van der Waals surface area contributed by atoms with E-state index in [1.165, 1.54) is 12.1 Å². The molecule has 0 saturated heterocycles. The van der Waals surface area contributed by atoms with E-state index < -0.39 is 5.97 Å². The molecule has 0 bridgehead atoms. The van der Waals surface area contributed by atoms with Crippen molar-refractivity contribution in [3.05, 3.63) is 33.3 Å². The fourth-order valence-electron chi connectivity index (χ4n) is 1.47. The molecule has 92 valence electrons. The van der Waals surface area contributed by atoms with Crippen molar-refractivity contribution >= 4 is 35.0 Å². The Bertz CT molecular complexity index is 432. The van der Waals surface area contributed by atoms with E-state index in [1.54, 1.807) is 0 Å². The Morgan fingerprint density at radius 2 is 1.71 bits per heavy atom. The second-order valence-corrected chi connectivity index (χ2v) is 4.40. The lowest BCUT2D eigenvalue weighted by Gasteiger charge is -2.07. The highest BCUT2D eigenvalue weighted by molar-refractivity contribution is 6.36. The minimum absolute atomic E-state index is 0.0482. The second kappa shape index (κ2) is 6.03. The fourth-order valence-corrected chi connectivity index (χ4v) is 2.22. The van der Waals surface area contributed by atoms with E-state index >= 15 is 0 Å². The lowest BCUT2D eigenvalue weighted by atomic mass is 10.0. The average Bonchev–Trinajstić information content (AvgIpc) is 2.25. The molecule has 0 unspecified atom stereocenters. The minimum Gasteiger partial charge on any atom is -0.481 e. The van der Waals surface area contributed by atoms with Crippen LogP contribution in [0.1, 0.15) is 35.7 Å². The van der Waals surface area contributed by atoms with E-state index in [2.05, 4.69) is 0 Å². The summed E-state index contributed by atoms with van der Waals surface area (Å²) >= 11 is 12.0. The first-order valence-electron chi connectivity index (χ1n) is 5.18. The van der Waals surface area contributed by atoms with Crippen LogP contribution in [-0.4, -0.2) is 16.9 Å². The van der Waals surface area contributed by atoms with Gasteiger partial charge < -0.3 is 5.11 Å². The van der Waals surface area contributed by atoms with E-state index in [4.69, 9.17) is 28.3 Å². The summed E-state index contributed by atoms with van der Waals surface area (Å²) in [5.41, 5.74) is 1.15. The number of benzene rings is 1. The quantitative estimate of drug-likeness (QED) is 0.835. The van der Waals surface area contributed by atoms with Gasteiger partial charge in [0.15, 0.2) is 5.78 Å². The number of carboxylic acid groups (broad SMARTS) is 1. The van der Waals surface area contributed by atoms with Gasteiger partial charge in [0.2, 0.25) is 0 Å². The number of halogens is 2. The van der Waals surface area contributed by atoms with E-state index in [-0.39, 0.29) is 18.6 Å². The lowest BCUT2D eigenvalue weighted by molar-refractivity contribution is -0.136. The van der Waals surface area contributed by atoms with E-state index in [9.17, 15) is 9.59 Å². The molecule has 5 heteroatoms. The highest BCUT2D eigenvalue weighted by atomic mass is 35.5. The van der Waals surface area contributed by atoms with Crippen LogP contribution in [0, 0.1) is 0 Å². The van der Waals surface area contributed by atoms with Crippen molar-refractivity contribution in [3.8, 4) is 0 Å². The molecular weight excluding hydrogens is 263 g/mol. The summed E-state index contributed by atoms with van der Waals surface area (Å²) in [4.78, 5) is 22.0. The van der Waals surface area contributed by atoms with Gasteiger partial charge in [-0.2, -0.15) is 0 Å². The molecule has 0 amide bonds. The predicted molar refractivity (Wildman–Crippen MR) is 67.0 cm³/mol. The van der Waals surface area contributed by atoms with Crippen molar-refractivity contribution in [2.24, 2.45) is 0 Å². The molecule has 0 saturated carbocycles. The molecule has 0 radical (unpaired) electrons. The van der Waals surface area contributed by atoms with Gasteiger partial charge in [0.05, 0.1) is 6.42 Å². The van der Waals surface area contributed by atoms with Gasteiger partial charge in [0, 0.05) is 22.0 Å². The van der Waals surface area contributed by atoms with Crippen molar-refractivity contribution < 1.29 is 14.7 Å². The van der Waals surface area contributed by atoms with Crippen molar-refractivity contribution in [2.45, 2.75) is 26.2 Å². The maximum atomic E-state index is 11.7. The number of rotatable bonds is 5. The Morgan fingerprint density at radius 3 is 2.12 bits per heavy atom. The zero-order valence-electron chi connectivity index (χ0n) is 9.30. The maximum absolute atomic E-state index is 11.7. The number of hydrogen-bond donors (Lipinski definition) is 1. The smallest absolute Gasteiger partial charge is 0.303 e. The van der Waals surface area contributed by atoms with Crippen LogP contribution in [0.3, 0.4) is 0 Å². The Morgan fingerprint density at radius 1 is 1.18 bits per heavy atom. The van der Waals surface area contributed by atoms with Gasteiger partial charge in [0.25, 0.3) is 0 Å². The molecule has 0 spiro atoms. The Kier molecular flexibility index (Phi) is 4.97. The monoisotopic (exact) mass is 274 g/mol. The van der Waals surface area contributed by atoms with Crippen molar-refractivity contribution in [1.29, 1.82) is 0 Å². The summed E-state index contributed by atoms with van der Waals surface area (Å²) in [5, 5.41) is 9.38. The first-order chi connectivity index (χ1) is 7.95. The molecule has 1 rings (SSSR count). The number of aliphatic carboxylic acids is 1. The van der Waals surface area contributed by atoms with Gasteiger partial charge in [-0.25, -0.2) is 0 Å². The molecule has 17 heavy (non-hydrogen) atoms. The maximum Gasteiger partial charge on any atom is 0.303 e. The van der Waals surface area contributed by atoms with Gasteiger partial charge in [-0.05, 0) is 24.1 Å². The molecule has 1 aromatic carbocycles. The van der Waals surface area contributed by atoms with Gasteiger partial charge in [-0.3, -0.25) is 9.59 Å². The molecule has 0 aliphatic rings. The van der Waals surface area contributed by atoms with Crippen molar-refractivity contribution in [1.82, 2.24) is 0 Å². The molecule has 1 N–H and O–H groups in total. The van der Waals surface area contributed by atoms with Crippen LogP contribution in [0.15, 0.2) is 12.1 Å². The molecule has 0 atom stereocenters. The zero-order chi connectivity index (χ0) is 13.0. The molecule has 1 aromatic rings. The summed E-state index contributed by atoms with van der Waals surface area (Å²) in [5.74, 6) is -1.26. The SMILES string of the molecule is CCc1c(Cl)cc(C(=O)CCC(=O)O)cc1Cl. The van der Waals surface area contributed by atoms with Crippen LogP contribution in [0.25, 0.3) is 0 Å². The number of ketones is 1. The number of Topliss-reactive ketones (excluding diaryl/α,β-unsaturated/α-hetero) is 1.